The lowest BCUT2D eigenvalue weighted by Gasteiger charge is -2.09. The van der Waals surface area contributed by atoms with Gasteiger partial charge in [0.05, 0.1) is 21.0 Å². The van der Waals surface area contributed by atoms with Gasteiger partial charge in [-0.2, -0.15) is 0 Å². The van der Waals surface area contributed by atoms with Crippen LogP contribution in [0.25, 0.3) is 0 Å². The van der Waals surface area contributed by atoms with Crippen molar-refractivity contribution in [3.63, 3.8) is 0 Å². The number of aliphatic hydroxyl groups excluding tert-OH is 1. The minimum absolute atomic E-state index is 0.0568. The molecule has 0 spiro atoms. The Kier molecular flexibility index (Phi) is 7.08. The zero-order valence-electron chi connectivity index (χ0n) is 8.40. The van der Waals surface area contributed by atoms with Crippen molar-refractivity contribution in [3.05, 3.63) is 10.7 Å². The molecule has 0 rings (SSSR count). The molecule has 0 aliphatic rings. The van der Waals surface area contributed by atoms with Crippen molar-refractivity contribution >= 4 is 26.8 Å². The van der Waals surface area contributed by atoms with Crippen LogP contribution in [0.2, 0.25) is 0 Å². The van der Waals surface area contributed by atoms with E-state index in [1.54, 1.807) is 0 Å². The van der Waals surface area contributed by atoms with Crippen LogP contribution < -0.4 is 0 Å². The maximum atomic E-state index is 11.5. The van der Waals surface area contributed by atoms with Gasteiger partial charge in [-0.3, -0.25) is 4.79 Å². The molecule has 14 heavy (non-hydrogen) atoms. The Morgan fingerprint density at radius 1 is 1.64 bits per heavy atom. The first-order valence-electron chi connectivity index (χ1n) is 4.01. The van der Waals surface area contributed by atoms with Crippen LogP contribution in [-0.2, 0) is 19.7 Å². The Morgan fingerprint density at radius 3 is 2.57 bits per heavy atom. The molecule has 0 bridgehead atoms. The van der Waals surface area contributed by atoms with Crippen LogP contribution in [0.5, 0.6) is 0 Å². The molecule has 0 aromatic carbocycles. The highest BCUT2D eigenvalue weighted by molar-refractivity contribution is 8.73. The second-order valence-corrected chi connectivity index (χ2v) is 5.72. The highest BCUT2D eigenvalue weighted by atomic mass is 33.1. The first-order valence-corrected chi connectivity index (χ1v) is 6.66. The molecule has 6 heteroatoms. The molecule has 0 heterocycles. The fourth-order valence-electron chi connectivity index (χ4n) is 0.778. The van der Waals surface area contributed by atoms with Crippen LogP contribution in [0.15, 0.2) is 10.7 Å². The summed E-state index contributed by atoms with van der Waals surface area (Å²) in [6, 6.07) is 0. The first-order chi connectivity index (χ1) is 6.54. The fraction of sp³-hybridized carbons (Fsp3) is 0.625. The maximum Gasteiger partial charge on any atom is 0.248 e. The molecule has 0 saturated heterocycles. The highest BCUT2D eigenvalue weighted by Crippen LogP contribution is 2.24. The SMILES string of the molecule is CCS[S+]([O-])/C(C(=O)COC)=C(\C)O. The molecule has 0 aromatic rings. The molecule has 0 aliphatic carbocycles. The smallest absolute Gasteiger partial charge is 0.248 e. The summed E-state index contributed by atoms with van der Waals surface area (Å²) in [6.07, 6.45) is 0. The summed E-state index contributed by atoms with van der Waals surface area (Å²) in [4.78, 5) is 11.3. The number of hydrogen-bond donors (Lipinski definition) is 1. The minimum atomic E-state index is -1.50. The summed E-state index contributed by atoms with van der Waals surface area (Å²) in [5, 5.41) is 9.20. The van der Waals surface area contributed by atoms with Gasteiger partial charge in [0.1, 0.15) is 12.4 Å². The third-order valence-electron chi connectivity index (χ3n) is 1.25. The van der Waals surface area contributed by atoms with E-state index in [0.29, 0.717) is 5.75 Å². The molecular formula is C8H14O4S2. The van der Waals surface area contributed by atoms with E-state index in [1.807, 2.05) is 6.92 Å². The van der Waals surface area contributed by atoms with Crippen LogP contribution in [0, 0.1) is 0 Å². The number of hydrogen-bond acceptors (Lipinski definition) is 5. The number of methoxy groups -OCH3 is 1. The summed E-state index contributed by atoms with van der Waals surface area (Å²) in [5.41, 5.74) is 0. The van der Waals surface area contributed by atoms with E-state index in [2.05, 4.69) is 4.74 Å². The highest BCUT2D eigenvalue weighted by Gasteiger charge is 2.27. The predicted molar refractivity (Wildman–Crippen MR) is 58.5 cm³/mol. The van der Waals surface area contributed by atoms with Crippen molar-refractivity contribution < 1.29 is 19.2 Å². The van der Waals surface area contributed by atoms with Crippen molar-refractivity contribution in [2.45, 2.75) is 13.8 Å². The van der Waals surface area contributed by atoms with Gasteiger partial charge in [0, 0.05) is 12.9 Å². The molecule has 0 saturated carbocycles. The van der Waals surface area contributed by atoms with Gasteiger partial charge in [-0.25, -0.2) is 0 Å². The second kappa shape index (κ2) is 7.17. The molecule has 1 atom stereocenters. The number of allylic oxidation sites excluding steroid dienone is 1. The van der Waals surface area contributed by atoms with E-state index in [-0.39, 0.29) is 17.3 Å². The lowest BCUT2D eigenvalue weighted by molar-refractivity contribution is -0.118. The lowest BCUT2D eigenvalue weighted by atomic mass is 10.3. The molecule has 0 aliphatic heterocycles. The number of aliphatic hydroxyl groups is 1. The molecule has 1 N–H and O–H groups in total. The van der Waals surface area contributed by atoms with E-state index in [9.17, 15) is 14.5 Å². The minimum Gasteiger partial charge on any atom is -0.600 e. The molecule has 1 unspecified atom stereocenters. The summed E-state index contributed by atoms with van der Waals surface area (Å²) >= 11 is 0. The summed E-state index contributed by atoms with van der Waals surface area (Å²) in [7, 11) is 0.970. The van der Waals surface area contributed by atoms with Gasteiger partial charge in [-0.1, -0.05) is 6.92 Å². The van der Waals surface area contributed by atoms with Gasteiger partial charge >= 0.3 is 0 Å². The van der Waals surface area contributed by atoms with Gasteiger partial charge in [0.2, 0.25) is 10.7 Å². The average molecular weight is 238 g/mol. The monoisotopic (exact) mass is 238 g/mol. The van der Waals surface area contributed by atoms with E-state index in [4.69, 9.17) is 0 Å². The third kappa shape index (κ3) is 4.36. The topological polar surface area (TPSA) is 69.6 Å². The van der Waals surface area contributed by atoms with E-state index >= 15 is 0 Å². The van der Waals surface area contributed by atoms with E-state index in [0.717, 1.165) is 10.8 Å². The Balaban J connectivity index is 4.62. The predicted octanol–water partition coefficient (Wildman–Crippen LogP) is 1.41. The van der Waals surface area contributed by atoms with Crippen LogP contribution in [-0.4, -0.2) is 34.9 Å². The van der Waals surface area contributed by atoms with E-state index in [1.165, 1.54) is 14.0 Å². The third-order valence-corrected chi connectivity index (χ3v) is 4.40. The lowest BCUT2D eigenvalue weighted by Crippen LogP contribution is -2.17. The zero-order chi connectivity index (χ0) is 11.1. The molecule has 0 fully saturated rings. The summed E-state index contributed by atoms with van der Waals surface area (Å²) in [6.45, 7) is 3.01. The number of carbonyl (C=O) groups excluding carboxylic acids is 1. The number of ether oxygens (including phenoxy) is 1. The van der Waals surface area contributed by atoms with Crippen LogP contribution in [0.4, 0.5) is 0 Å². The van der Waals surface area contributed by atoms with Crippen LogP contribution >= 0.6 is 10.8 Å². The Hall–Kier alpha value is -0.170. The van der Waals surface area contributed by atoms with Crippen LogP contribution in [0.1, 0.15) is 13.8 Å². The second-order valence-electron chi connectivity index (χ2n) is 2.41. The molecule has 0 radical (unpaired) electrons. The zero-order valence-corrected chi connectivity index (χ0v) is 10.0. The maximum absolute atomic E-state index is 11.5. The van der Waals surface area contributed by atoms with Gasteiger partial charge in [0.25, 0.3) is 0 Å². The van der Waals surface area contributed by atoms with Crippen molar-refractivity contribution in [3.8, 4) is 0 Å². The molecule has 0 amide bonds. The van der Waals surface area contributed by atoms with Gasteiger partial charge < -0.3 is 14.4 Å². The number of carbonyl (C=O) groups is 1. The fourth-order valence-corrected chi connectivity index (χ4v) is 3.23. The van der Waals surface area contributed by atoms with Crippen molar-refractivity contribution in [2.24, 2.45) is 0 Å². The normalized spacial score (nSPS) is 14.9. The molecule has 82 valence electrons. The summed E-state index contributed by atoms with van der Waals surface area (Å²) < 4.78 is 16.1. The summed E-state index contributed by atoms with van der Waals surface area (Å²) in [5.74, 6) is -0.0259. The van der Waals surface area contributed by atoms with Crippen molar-refractivity contribution in [1.29, 1.82) is 0 Å². The first kappa shape index (κ1) is 13.8. The van der Waals surface area contributed by atoms with E-state index < -0.39 is 16.0 Å². The van der Waals surface area contributed by atoms with Gasteiger partial charge in [-0.15, -0.1) is 0 Å². The Labute approximate surface area is 90.3 Å². The largest absolute Gasteiger partial charge is 0.600 e. The van der Waals surface area contributed by atoms with Crippen molar-refractivity contribution in [2.75, 3.05) is 19.5 Å². The molecule has 4 nitrogen and oxygen atoms in total. The number of Topliss-reactive ketones (excluding diaryl/α,β-unsaturated/α-hetero) is 1. The van der Waals surface area contributed by atoms with Crippen LogP contribution in [0.3, 0.4) is 0 Å². The molecular weight excluding hydrogens is 224 g/mol. The van der Waals surface area contributed by atoms with Gasteiger partial charge in [0.15, 0.2) is 0 Å². The quantitative estimate of drug-likeness (QED) is 0.328. The number of ketones is 1. The average Bonchev–Trinajstić information content (AvgIpc) is 2.04. The standard InChI is InChI=1S/C8H14O4S2/c1-4-13-14(11)8(6(2)9)7(10)5-12-3/h9H,4-5H2,1-3H3/b8-6+. The number of rotatable bonds is 6. The molecule has 0 aromatic heterocycles. The van der Waals surface area contributed by atoms with Gasteiger partial charge in [-0.05, 0) is 6.92 Å². The van der Waals surface area contributed by atoms with Crippen molar-refractivity contribution in [1.82, 2.24) is 0 Å². The Bertz CT molecular complexity index is 223. The Morgan fingerprint density at radius 2 is 2.21 bits per heavy atom.